The molecule has 1 aliphatic heterocycles. The second-order valence-electron chi connectivity index (χ2n) is 2.75. The van der Waals surface area contributed by atoms with Gasteiger partial charge in [-0.1, -0.05) is 0 Å². The number of nitrogens with two attached hydrogens (primary N) is 1. The summed E-state index contributed by atoms with van der Waals surface area (Å²) in [5.74, 6) is 0.257. The van der Waals surface area contributed by atoms with Crippen LogP contribution in [0.1, 0.15) is 12.8 Å². The number of amides is 1. The highest BCUT2D eigenvalue weighted by Gasteiger charge is 2.13. The Morgan fingerprint density at radius 1 is 1.73 bits per heavy atom. The van der Waals surface area contributed by atoms with Gasteiger partial charge in [0.25, 0.3) is 0 Å². The first kappa shape index (κ1) is 8.87. The van der Waals surface area contributed by atoms with Crippen molar-refractivity contribution in [2.45, 2.75) is 18.1 Å². The molecular weight excluding hydrogens is 160 g/mol. The van der Waals surface area contributed by atoms with Crippen molar-refractivity contribution >= 4 is 17.7 Å². The molecule has 0 aliphatic carbocycles. The van der Waals surface area contributed by atoms with Crippen LogP contribution in [0.3, 0.4) is 0 Å². The molecule has 1 atom stereocenters. The van der Waals surface area contributed by atoms with Crippen molar-refractivity contribution in [3.8, 4) is 0 Å². The van der Waals surface area contributed by atoms with Crippen molar-refractivity contribution in [1.82, 2.24) is 5.32 Å². The Morgan fingerprint density at radius 3 is 3.09 bits per heavy atom. The van der Waals surface area contributed by atoms with Crippen LogP contribution in [0.25, 0.3) is 0 Å². The fourth-order valence-electron chi connectivity index (χ4n) is 1.16. The molecule has 0 radical (unpaired) electrons. The molecule has 0 aromatic rings. The van der Waals surface area contributed by atoms with Crippen LogP contribution in [-0.2, 0) is 4.79 Å². The van der Waals surface area contributed by atoms with Gasteiger partial charge in [-0.2, -0.15) is 0 Å². The van der Waals surface area contributed by atoms with Gasteiger partial charge in [-0.25, -0.2) is 0 Å². The normalized spacial score (nSPS) is 24.9. The van der Waals surface area contributed by atoms with Crippen molar-refractivity contribution in [2.75, 3.05) is 18.8 Å². The van der Waals surface area contributed by atoms with E-state index in [2.05, 4.69) is 5.32 Å². The van der Waals surface area contributed by atoms with Crippen LogP contribution in [0, 0.1) is 0 Å². The van der Waals surface area contributed by atoms with Crippen LogP contribution in [0.15, 0.2) is 0 Å². The second-order valence-corrected chi connectivity index (χ2v) is 4.03. The molecule has 1 heterocycles. The Labute approximate surface area is 71.1 Å². The van der Waals surface area contributed by atoms with Gasteiger partial charge >= 0.3 is 0 Å². The largest absolute Gasteiger partial charge is 0.369 e. The van der Waals surface area contributed by atoms with E-state index in [9.17, 15) is 4.79 Å². The van der Waals surface area contributed by atoms with E-state index >= 15 is 0 Å². The van der Waals surface area contributed by atoms with Gasteiger partial charge < -0.3 is 11.1 Å². The maximum Gasteiger partial charge on any atom is 0.227 e. The lowest BCUT2D eigenvalue weighted by atomic mass is 10.2. The second kappa shape index (κ2) is 4.62. The molecule has 0 saturated carbocycles. The number of hydrogen-bond donors (Lipinski definition) is 2. The summed E-state index contributed by atoms with van der Waals surface area (Å²) in [6, 6.07) is 0. The average Bonchev–Trinajstić information content (AvgIpc) is 2.03. The molecule has 3 N–H and O–H groups in total. The van der Waals surface area contributed by atoms with Gasteiger partial charge in [-0.15, -0.1) is 11.8 Å². The first-order valence-corrected chi connectivity index (χ1v) is 4.94. The number of primary amides is 1. The van der Waals surface area contributed by atoms with Crippen molar-refractivity contribution < 1.29 is 4.79 Å². The molecule has 1 unspecified atom stereocenters. The summed E-state index contributed by atoms with van der Waals surface area (Å²) < 4.78 is 0. The zero-order chi connectivity index (χ0) is 8.10. The molecule has 0 aromatic carbocycles. The van der Waals surface area contributed by atoms with E-state index in [0.717, 1.165) is 13.1 Å². The standard InChI is InChI=1S/C7H14N2OS/c8-7(10)5-11-6-2-1-3-9-4-6/h6,9H,1-5H2,(H2,8,10). The predicted molar refractivity (Wildman–Crippen MR) is 47.5 cm³/mol. The van der Waals surface area contributed by atoms with Gasteiger partial charge in [0, 0.05) is 11.8 Å². The molecule has 11 heavy (non-hydrogen) atoms. The van der Waals surface area contributed by atoms with E-state index in [1.54, 1.807) is 11.8 Å². The maximum absolute atomic E-state index is 10.4. The van der Waals surface area contributed by atoms with Gasteiger partial charge in [-0.05, 0) is 19.4 Å². The minimum Gasteiger partial charge on any atom is -0.369 e. The number of carbonyl (C=O) groups is 1. The predicted octanol–water partition coefficient (Wildman–Crippen LogP) is -0.0431. The minimum atomic E-state index is -0.208. The molecule has 64 valence electrons. The molecule has 1 rings (SSSR count). The number of carbonyl (C=O) groups excluding carboxylic acids is 1. The van der Waals surface area contributed by atoms with Gasteiger partial charge in [0.2, 0.25) is 5.91 Å². The molecule has 0 aromatic heterocycles. The molecule has 4 heteroatoms. The highest BCUT2D eigenvalue weighted by Crippen LogP contribution is 2.17. The minimum absolute atomic E-state index is 0.208. The zero-order valence-electron chi connectivity index (χ0n) is 6.51. The first-order valence-electron chi connectivity index (χ1n) is 3.89. The summed E-state index contributed by atoms with van der Waals surface area (Å²) in [7, 11) is 0. The van der Waals surface area contributed by atoms with Gasteiger partial charge in [0.1, 0.15) is 0 Å². The zero-order valence-corrected chi connectivity index (χ0v) is 7.32. The molecule has 1 fully saturated rings. The van der Waals surface area contributed by atoms with Gasteiger partial charge in [0.15, 0.2) is 0 Å². The summed E-state index contributed by atoms with van der Waals surface area (Å²) in [5.41, 5.74) is 5.03. The van der Waals surface area contributed by atoms with Crippen molar-refractivity contribution in [1.29, 1.82) is 0 Å². The van der Waals surface area contributed by atoms with Gasteiger partial charge in [0.05, 0.1) is 5.75 Å². The third-order valence-electron chi connectivity index (χ3n) is 1.71. The Bertz CT molecular complexity index is 134. The van der Waals surface area contributed by atoms with Gasteiger partial charge in [-0.3, -0.25) is 4.79 Å². The molecule has 0 spiro atoms. The highest BCUT2D eigenvalue weighted by molar-refractivity contribution is 8.00. The summed E-state index contributed by atoms with van der Waals surface area (Å²) in [6.07, 6.45) is 2.43. The molecule has 1 aliphatic rings. The van der Waals surface area contributed by atoms with E-state index in [0.29, 0.717) is 11.0 Å². The summed E-state index contributed by atoms with van der Waals surface area (Å²) >= 11 is 1.67. The SMILES string of the molecule is NC(=O)CSC1CCCNC1. The lowest BCUT2D eigenvalue weighted by Gasteiger charge is -2.21. The summed E-state index contributed by atoms with van der Waals surface area (Å²) in [5, 5.41) is 3.88. The maximum atomic E-state index is 10.4. The van der Waals surface area contributed by atoms with Crippen LogP contribution < -0.4 is 11.1 Å². The Balaban J connectivity index is 2.09. The molecule has 0 bridgehead atoms. The van der Waals surface area contributed by atoms with E-state index in [1.807, 2.05) is 0 Å². The number of nitrogens with one attached hydrogen (secondary N) is 1. The van der Waals surface area contributed by atoms with E-state index in [4.69, 9.17) is 5.73 Å². The Hall–Kier alpha value is -0.220. The van der Waals surface area contributed by atoms with Crippen LogP contribution >= 0.6 is 11.8 Å². The Kier molecular flexibility index (Phi) is 3.72. The quantitative estimate of drug-likeness (QED) is 0.631. The van der Waals surface area contributed by atoms with Crippen LogP contribution in [0.4, 0.5) is 0 Å². The van der Waals surface area contributed by atoms with E-state index in [1.165, 1.54) is 12.8 Å². The van der Waals surface area contributed by atoms with Crippen LogP contribution in [0.2, 0.25) is 0 Å². The smallest absolute Gasteiger partial charge is 0.227 e. The molecule has 1 saturated heterocycles. The topological polar surface area (TPSA) is 55.1 Å². The van der Waals surface area contributed by atoms with E-state index in [-0.39, 0.29) is 5.91 Å². The van der Waals surface area contributed by atoms with Crippen LogP contribution in [-0.4, -0.2) is 30.0 Å². The van der Waals surface area contributed by atoms with Crippen molar-refractivity contribution in [3.05, 3.63) is 0 Å². The Morgan fingerprint density at radius 2 is 2.55 bits per heavy atom. The summed E-state index contributed by atoms with van der Waals surface area (Å²) in [6.45, 7) is 2.14. The molecule has 1 amide bonds. The van der Waals surface area contributed by atoms with Crippen molar-refractivity contribution in [2.24, 2.45) is 5.73 Å². The fourth-order valence-corrected chi connectivity index (χ4v) is 2.13. The first-order chi connectivity index (χ1) is 5.29. The fraction of sp³-hybridized carbons (Fsp3) is 0.857. The molecule has 3 nitrogen and oxygen atoms in total. The average molecular weight is 174 g/mol. The third kappa shape index (κ3) is 3.62. The van der Waals surface area contributed by atoms with Crippen molar-refractivity contribution in [3.63, 3.8) is 0 Å². The summed E-state index contributed by atoms with van der Waals surface area (Å²) in [4.78, 5) is 10.4. The monoisotopic (exact) mass is 174 g/mol. The molecular formula is C7H14N2OS. The number of thioether (sulfide) groups is 1. The number of hydrogen-bond acceptors (Lipinski definition) is 3. The number of rotatable bonds is 3. The van der Waals surface area contributed by atoms with Crippen LogP contribution in [0.5, 0.6) is 0 Å². The third-order valence-corrected chi connectivity index (χ3v) is 3.04. The highest BCUT2D eigenvalue weighted by atomic mass is 32.2. The number of piperidine rings is 1. The lowest BCUT2D eigenvalue weighted by molar-refractivity contribution is -0.115. The van der Waals surface area contributed by atoms with E-state index < -0.39 is 0 Å². The lowest BCUT2D eigenvalue weighted by Crippen LogP contribution is -2.32.